The summed E-state index contributed by atoms with van der Waals surface area (Å²) in [6.45, 7) is -0.108. The van der Waals surface area contributed by atoms with Gasteiger partial charge in [0.25, 0.3) is 5.91 Å². The van der Waals surface area contributed by atoms with Crippen LogP contribution < -0.4 is 15.8 Å². The zero-order valence-corrected chi connectivity index (χ0v) is 14.3. The molecule has 1 aromatic carbocycles. The molecule has 0 spiro atoms. The highest BCUT2D eigenvalue weighted by atomic mass is 19.4. The summed E-state index contributed by atoms with van der Waals surface area (Å²) in [7, 11) is 0. The van der Waals surface area contributed by atoms with Crippen LogP contribution in [-0.2, 0) is 12.7 Å². The second-order valence-corrected chi connectivity index (χ2v) is 5.61. The van der Waals surface area contributed by atoms with E-state index in [0.29, 0.717) is 5.69 Å². The summed E-state index contributed by atoms with van der Waals surface area (Å²) in [6, 6.07) is 8.09. The number of anilines is 1. The van der Waals surface area contributed by atoms with Crippen LogP contribution in [0.15, 0.2) is 55.1 Å². The molecule has 3 aromatic rings. The van der Waals surface area contributed by atoms with Crippen molar-refractivity contribution < 1.29 is 22.7 Å². The summed E-state index contributed by atoms with van der Waals surface area (Å²) in [4.78, 5) is 23.3. The average Bonchev–Trinajstić information content (AvgIpc) is 2.68. The Morgan fingerprint density at radius 1 is 1.14 bits per heavy atom. The number of halogens is 3. The largest absolute Gasteiger partial charge is 0.439 e. The van der Waals surface area contributed by atoms with Gasteiger partial charge in [0.1, 0.15) is 17.8 Å². The van der Waals surface area contributed by atoms with Gasteiger partial charge in [-0.3, -0.25) is 4.79 Å². The molecule has 3 N–H and O–H groups in total. The standard InChI is InChI=1S/C18H14F3N5O2/c19-18(20,21)15-4-11(7-22)5-16(26-15)28-14-3-1-2-12(6-14)17(27)25-13-8-23-10-24-9-13/h1-6,8-10H,7,22H2,(H,25,27). The summed E-state index contributed by atoms with van der Waals surface area (Å²) in [5, 5.41) is 2.60. The van der Waals surface area contributed by atoms with E-state index in [9.17, 15) is 18.0 Å². The summed E-state index contributed by atoms with van der Waals surface area (Å²) in [5.41, 5.74) is 5.18. The molecule has 0 fully saturated rings. The van der Waals surface area contributed by atoms with Gasteiger partial charge in [0.15, 0.2) is 0 Å². The highest BCUT2D eigenvalue weighted by molar-refractivity contribution is 6.04. The van der Waals surface area contributed by atoms with Crippen molar-refractivity contribution in [3.05, 3.63) is 71.9 Å². The Morgan fingerprint density at radius 3 is 2.57 bits per heavy atom. The molecule has 144 valence electrons. The highest BCUT2D eigenvalue weighted by Crippen LogP contribution is 2.31. The molecule has 1 amide bonds. The Morgan fingerprint density at radius 2 is 1.89 bits per heavy atom. The molecule has 2 heterocycles. The third-order valence-corrected chi connectivity index (χ3v) is 3.52. The van der Waals surface area contributed by atoms with E-state index in [2.05, 4.69) is 20.3 Å². The molecule has 3 rings (SSSR count). The maximum absolute atomic E-state index is 13.0. The van der Waals surface area contributed by atoms with Gasteiger partial charge in [0, 0.05) is 18.2 Å². The lowest BCUT2D eigenvalue weighted by Crippen LogP contribution is -2.12. The summed E-state index contributed by atoms with van der Waals surface area (Å²) in [5.74, 6) is -0.587. The normalized spacial score (nSPS) is 11.1. The van der Waals surface area contributed by atoms with Gasteiger partial charge in [-0.25, -0.2) is 15.0 Å². The summed E-state index contributed by atoms with van der Waals surface area (Å²) in [6.07, 6.45) is -0.469. The number of nitrogens with two attached hydrogens (primary N) is 1. The SMILES string of the molecule is NCc1cc(Oc2cccc(C(=O)Nc3cncnc3)c2)nc(C(F)(F)F)c1. The zero-order chi connectivity index (χ0) is 20.1. The molecule has 0 aliphatic carbocycles. The number of nitrogens with zero attached hydrogens (tertiary/aromatic N) is 3. The van der Waals surface area contributed by atoms with Gasteiger partial charge in [0.05, 0.1) is 18.1 Å². The molecule has 0 atom stereocenters. The molecule has 0 unspecified atom stereocenters. The van der Waals surface area contributed by atoms with Crippen LogP contribution in [0, 0.1) is 0 Å². The number of nitrogens with one attached hydrogen (secondary N) is 1. The fraction of sp³-hybridized carbons (Fsp3) is 0.111. The molecule has 28 heavy (non-hydrogen) atoms. The molecule has 0 radical (unpaired) electrons. The van der Waals surface area contributed by atoms with E-state index in [1.165, 1.54) is 49.1 Å². The zero-order valence-electron chi connectivity index (χ0n) is 14.3. The van der Waals surface area contributed by atoms with E-state index in [4.69, 9.17) is 10.5 Å². The van der Waals surface area contributed by atoms with E-state index >= 15 is 0 Å². The number of benzene rings is 1. The van der Waals surface area contributed by atoms with E-state index in [1.807, 2.05) is 0 Å². The Bertz CT molecular complexity index is 980. The minimum atomic E-state index is -4.64. The quantitative estimate of drug-likeness (QED) is 0.693. The Labute approximate surface area is 157 Å². The van der Waals surface area contributed by atoms with Crippen LogP contribution in [0.4, 0.5) is 18.9 Å². The van der Waals surface area contributed by atoms with Crippen LogP contribution in [0.2, 0.25) is 0 Å². The summed E-state index contributed by atoms with van der Waals surface area (Å²) >= 11 is 0. The number of carbonyl (C=O) groups is 1. The van der Waals surface area contributed by atoms with Crippen LogP contribution in [0.1, 0.15) is 21.6 Å². The predicted molar refractivity (Wildman–Crippen MR) is 93.6 cm³/mol. The van der Waals surface area contributed by atoms with Crippen LogP contribution in [0.5, 0.6) is 11.6 Å². The third kappa shape index (κ3) is 4.80. The first-order valence-corrected chi connectivity index (χ1v) is 7.97. The van der Waals surface area contributed by atoms with Crippen molar-refractivity contribution in [3.8, 4) is 11.6 Å². The van der Waals surface area contributed by atoms with Gasteiger partial charge in [0.2, 0.25) is 5.88 Å². The van der Waals surface area contributed by atoms with E-state index in [0.717, 1.165) is 6.07 Å². The van der Waals surface area contributed by atoms with Gasteiger partial charge in [-0.1, -0.05) is 6.07 Å². The number of alkyl halides is 3. The lowest BCUT2D eigenvalue weighted by molar-refractivity contribution is -0.141. The monoisotopic (exact) mass is 389 g/mol. The minimum Gasteiger partial charge on any atom is -0.439 e. The smallest absolute Gasteiger partial charge is 0.433 e. The fourth-order valence-corrected chi connectivity index (χ4v) is 2.26. The maximum Gasteiger partial charge on any atom is 0.433 e. The lowest BCUT2D eigenvalue weighted by Gasteiger charge is -2.12. The van der Waals surface area contributed by atoms with Crippen molar-refractivity contribution in [3.63, 3.8) is 0 Å². The van der Waals surface area contributed by atoms with Crippen molar-refractivity contribution in [1.82, 2.24) is 15.0 Å². The number of aromatic nitrogens is 3. The number of amides is 1. The first kappa shape index (κ1) is 19.2. The van der Waals surface area contributed by atoms with Crippen LogP contribution in [-0.4, -0.2) is 20.9 Å². The fourth-order valence-electron chi connectivity index (χ4n) is 2.26. The van der Waals surface area contributed by atoms with Gasteiger partial charge in [-0.05, 0) is 29.8 Å². The molecule has 0 bridgehead atoms. The van der Waals surface area contributed by atoms with Gasteiger partial charge in [-0.15, -0.1) is 0 Å². The topological polar surface area (TPSA) is 103 Å². The average molecular weight is 389 g/mol. The van der Waals surface area contributed by atoms with Gasteiger partial charge < -0.3 is 15.8 Å². The van der Waals surface area contributed by atoms with Crippen molar-refractivity contribution in [1.29, 1.82) is 0 Å². The number of carbonyl (C=O) groups excluding carboxylic acids is 1. The van der Waals surface area contributed by atoms with Crippen LogP contribution >= 0.6 is 0 Å². The first-order valence-electron chi connectivity index (χ1n) is 7.97. The third-order valence-electron chi connectivity index (χ3n) is 3.52. The van der Waals surface area contributed by atoms with E-state index in [1.54, 1.807) is 0 Å². The van der Waals surface area contributed by atoms with Gasteiger partial charge in [-0.2, -0.15) is 13.2 Å². The molecule has 0 saturated heterocycles. The lowest BCUT2D eigenvalue weighted by atomic mass is 10.2. The molecular formula is C18H14F3N5O2. The Balaban J connectivity index is 1.82. The second-order valence-electron chi connectivity index (χ2n) is 5.61. The minimum absolute atomic E-state index is 0.108. The Hall–Kier alpha value is -3.53. The number of hydrogen-bond acceptors (Lipinski definition) is 6. The number of pyridine rings is 1. The van der Waals surface area contributed by atoms with Gasteiger partial charge >= 0.3 is 6.18 Å². The maximum atomic E-state index is 13.0. The number of rotatable bonds is 5. The van der Waals surface area contributed by atoms with E-state index in [-0.39, 0.29) is 29.3 Å². The molecule has 2 aromatic heterocycles. The molecule has 7 nitrogen and oxygen atoms in total. The molecular weight excluding hydrogens is 375 g/mol. The number of hydrogen-bond donors (Lipinski definition) is 2. The predicted octanol–water partition coefficient (Wildman–Crippen LogP) is 3.39. The van der Waals surface area contributed by atoms with Crippen molar-refractivity contribution in [2.45, 2.75) is 12.7 Å². The number of ether oxygens (including phenoxy) is 1. The van der Waals surface area contributed by atoms with Crippen LogP contribution in [0.3, 0.4) is 0 Å². The van der Waals surface area contributed by atoms with Crippen molar-refractivity contribution in [2.24, 2.45) is 5.73 Å². The molecule has 0 aliphatic heterocycles. The summed E-state index contributed by atoms with van der Waals surface area (Å²) < 4.78 is 44.4. The molecule has 10 heteroatoms. The Kier molecular flexibility index (Phi) is 5.50. The van der Waals surface area contributed by atoms with Crippen molar-refractivity contribution in [2.75, 3.05) is 5.32 Å². The van der Waals surface area contributed by atoms with Crippen molar-refractivity contribution >= 4 is 11.6 Å². The highest BCUT2D eigenvalue weighted by Gasteiger charge is 2.33. The second kappa shape index (κ2) is 8.01. The molecule has 0 aliphatic rings. The first-order chi connectivity index (χ1) is 13.3. The van der Waals surface area contributed by atoms with E-state index < -0.39 is 17.8 Å². The molecule has 0 saturated carbocycles. The van der Waals surface area contributed by atoms with Crippen LogP contribution in [0.25, 0.3) is 0 Å².